The van der Waals surface area contributed by atoms with Gasteiger partial charge in [-0.25, -0.2) is 9.69 Å². The summed E-state index contributed by atoms with van der Waals surface area (Å²) in [6.45, 7) is 20.7. The van der Waals surface area contributed by atoms with Crippen LogP contribution in [0.15, 0.2) is 51.7 Å². The number of amides is 2. The maximum Gasteiger partial charge on any atom is 0.407 e. The zero-order chi connectivity index (χ0) is 34.5. The highest BCUT2D eigenvalue weighted by Crippen LogP contribution is 2.39. The lowest BCUT2D eigenvalue weighted by atomic mass is 9.93. The highest BCUT2D eigenvalue weighted by molar-refractivity contribution is 6.03. The van der Waals surface area contributed by atoms with Gasteiger partial charge in [-0.05, 0) is 51.0 Å². The minimum absolute atomic E-state index is 0.0114. The molecule has 0 saturated heterocycles. The van der Waals surface area contributed by atoms with Crippen molar-refractivity contribution in [2.24, 2.45) is 15.3 Å². The Hall–Kier alpha value is -4.99. The first-order valence-electron chi connectivity index (χ1n) is 13.9. The first-order chi connectivity index (χ1) is 21.4. The number of alkyl halides is 6. The molecule has 0 fully saturated rings. The van der Waals surface area contributed by atoms with E-state index < -0.39 is 57.7 Å². The van der Waals surface area contributed by atoms with Crippen LogP contribution < -0.4 is 16.1 Å². The maximum atomic E-state index is 12.9. The van der Waals surface area contributed by atoms with Crippen LogP contribution in [0.1, 0.15) is 64.5 Å². The first-order valence-corrected chi connectivity index (χ1v) is 13.9. The predicted octanol–water partition coefficient (Wildman–Crippen LogP) is 8.30. The third-order valence-corrected chi connectivity index (χ3v) is 7.32. The van der Waals surface area contributed by atoms with E-state index in [1.54, 1.807) is 13.8 Å². The number of carbonyl (C=O) groups is 2. The van der Waals surface area contributed by atoms with Crippen LogP contribution in [0.4, 0.5) is 49.1 Å². The summed E-state index contributed by atoms with van der Waals surface area (Å²) in [6, 6.07) is 6.11. The Morgan fingerprint density at radius 3 is 1.80 bits per heavy atom. The first kappa shape index (κ1) is 35.5. The van der Waals surface area contributed by atoms with E-state index in [2.05, 4.69) is 41.1 Å². The third kappa shape index (κ3) is 8.18. The molecular formula is C30H30F6N8O2. The molecule has 10 nitrogen and oxygen atoms in total. The van der Waals surface area contributed by atoms with Gasteiger partial charge < -0.3 is 10.6 Å². The molecule has 4 rings (SSSR count). The lowest BCUT2D eigenvalue weighted by molar-refractivity contribution is -0.137. The van der Waals surface area contributed by atoms with Crippen LogP contribution in [0.25, 0.3) is 9.69 Å². The Bertz CT molecular complexity index is 1640. The van der Waals surface area contributed by atoms with Crippen LogP contribution >= 0.6 is 0 Å². The third-order valence-electron chi connectivity index (χ3n) is 7.32. The van der Waals surface area contributed by atoms with Crippen molar-refractivity contribution in [3.63, 3.8) is 0 Å². The maximum absolute atomic E-state index is 12.9. The number of azo groups is 1. The van der Waals surface area contributed by atoms with Crippen molar-refractivity contribution in [2.45, 2.75) is 82.9 Å². The lowest BCUT2D eigenvalue weighted by Crippen LogP contribution is -2.47. The molecule has 46 heavy (non-hydrogen) atoms. The van der Waals surface area contributed by atoms with Crippen LogP contribution in [0.2, 0.25) is 0 Å². The molecular weight excluding hydrogens is 618 g/mol. The molecule has 2 aromatic rings. The Labute approximate surface area is 261 Å². The number of halogens is 6. The van der Waals surface area contributed by atoms with E-state index in [0.29, 0.717) is 19.3 Å². The molecule has 2 aromatic carbocycles. The summed E-state index contributed by atoms with van der Waals surface area (Å²) in [7, 11) is 0. The minimum atomic E-state index is -4.66. The summed E-state index contributed by atoms with van der Waals surface area (Å²) < 4.78 is 77.6. The average molecular weight is 649 g/mol. The van der Waals surface area contributed by atoms with Gasteiger partial charge >= 0.3 is 12.4 Å². The van der Waals surface area contributed by atoms with Crippen molar-refractivity contribution in [3.8, 4) is 0 Å². The monoisotopic (exact) mass is 648 g/mol. The fourth-order valence-corrected chi connectivity index (χ4v) is 4.55. The van der Waals surface area contributed by atoms with Gasteiger partial charge in [-0.3, -0.25) is 15.0 Å². The molecule has 2 amide bonds. The molecule has 16 heteroatoms. The normalized spacial score (nSPS) is 22.0. The Morgan fingerprint density at radius 2 is 1.41 bits per heavy atom. The molecule has 3 N–H and O–H groups in total. The van der Waals surface area contributed by atoms with Gasteiger partial charge in [-0.15, -0.1) is 0 Å². The zero-order valence-electron chi connectivity index (χ0n) is 25.2. The molecule has 0 aliphatic carbocycles. The fraction of sp³-hybridized carbons (Fsp3) is 0.433. The number of benzene rings is 2. The molecule has 3 unspecified atom stereocenters. The summed E-state index contributed by atoms with van der Waals surface area (Å²) >= 11 is 0. The second-order valence-electron chi connectivity index (χ2n) is 11.0. The molecule has 0 spiro atoms. The highest BCUT2D eigenvalue weighted by atomic mass is 19.4. The van der Waals surface area contributed by atoms with Gasteiger partial charge in [0.15, 0.2) is 16.9 Å². The summed E-state index contributed by atoms with van der Waals surface area (Å²) in [4.78, 5) is 30.3. The second-order valence-corrected chi connectivity index (χ2v) is 11.0. The van der Waals surface area contributed by atoms with Crippen molar-refractivity contribution >= 4 is 40.3 Å². The average Bonchev–Trinajstić information content (AvgIpc) is 3.60. The lowest BCUT2D eigenvalue weighted by Gasteiger charge is -2.23. The summed E-state index contributed by atoms with van der Waals surface area (Å²) in [5.74, 6) is -0.991. The van der Waals surface area contributed by atoms with Crippen molar-refractivity contribution < 1.29 is 35.9 Å². The van der Waals surface area contributed by atoms with E-state index in [-0.39, 0.29) is 17.4 Å². The molecule has 2 aliphatic rings. The van der Waals surface area contributed by atoms with Crippen LogP contribution in [-0.4, -0.2) is 34.6 Å². The van der Waals surface area contributed by atoms with E-state index in [1.165, 1.54) is 12.1 Å². The van der Waals surface area contributed by atoms with Gasteiger partial charge in [0.25, 0.3) is 11.8 Å². The van der Waals surface area contributed by atoms with Crippen LogP contribution in [0, 0.1) is 13.1 Å². The van der Waals surface area contributed by atoms with Crippen molar-refractivity contribution in [2.75, 3.05) is 10.6 Å². The molecule has 2 heterocycles. The van der Waals surface area contributed by atoms with E-state index in [0.717, 1.165) is 36.4 Å². The standard InChI is InChI=1S/2C15H15F3N4O/c2*1-4-9-8-14(2,22-21-9)13(23)20-10-5-6-12(19-3)11(7-10)15(16,17)18/h5-7,22H,4,8H2,1-2H3,(H,20,23);5-7,9H,4,8H2,1-2H3,(H,20,23). The summed E-state index contributed by atoms with van der Waals surface area (Å²) in [5, 5.41) is 16.9. The Morgan fingerprint density at radius 1 is 0.913 bits per heavy atom. The van der Waals surface area contributed by atoms with Crippen molar-refractivity contribution in [3.05, 3.63) is 70.4 Å². The number of hydrogen-bond donors (Lipinski definition) is 3. The van der Waals surface area contributed by atoms with Gasteiger partial charge in [-0.2, -0.15) is 41.7 Å². The Balaban J connectivity index is 0.000000250. The molecule has 0 radical (unpaired) electrons. The largest absolute Gasteiger partial charge is 0.407 e. The van der Waals surface area contributed by atoms with Gasteiger partial charge in [0.1, 0.15) is 5.54 Å². The molecule has 3 atom stereocenters. The van der Waals surface area contributed by atoms with Crippen molar-refractivity contribution in [1.29, 1.82) is 0 Å². The van der Waals surface area contributed by atoms with Gasteiger partial charge in [0, 0.05) is 29.9 Å². The van der Waals surface area contributed by atoms with E-state index >= 15 is 0 Å². The van der Waals surface area contributed by atoms with Crippen LogP contribution in [0.5, 0.6) is 0 Å². The molecule has 0 saturated carbocycles. The number of nitrogens with one attached hydrogen (secondary N) is 3. The van der Waals surface area contributed by atoms with Crippen LogP contribution in [-0.2, 0) is 21.9 Å². The zero-order valence-corrected chi connectivity index (χ0v) is 25.2. The number of hydrazone groups is 1. The number of nitrogens with zero attached hydrogens (tertiary/aromatic N) is 5. The predicted molar refractivity (Wildman–Crippen MR) is 159 cm³/mol. The highest BCUT2D eigenvalue weighted by Gasteiger charge is 2.41. The number of rotatable bonds is 6. The molecule has 244 valence electrons. The topological polar surface area (TPSA) is 116 Å². The number of anilines is 2. The van der Waals surface area contributed by atoms with E-state index in [4.69, 9.17) is 13.1 Å². The fourth-order valence-electron chi connectivity index (χ4n) is 4.55. The Kier molecular flexibility index (Phi) is 10.5. The number of carbonyl (C=O) groups excluding carboxylic acids is 2. The van der Waals surface area contributed by atoms with E-state index in [1.807, 2.05) is 13.8 Å². The molecule has 0 aromatic heterocycles. The smallest absolute Gasteiger partial charge is 0.324 e. The summed E-state index contributed by atoms with van der Waals surface area (Å²) in [6.07, 6.45) is -7.08. The van der Waals surface area contributed by atoms with E-state index in [9.17, 15) is 35.9 Å². The van der Waals surface area contributed by atoms with Gasteiger partial charge in [-0.1, -0.05) is 26.0 Å². The minimum Gasteiger partial charge on any atom is -0.324 e. The quantitative estimate of drug-likeness (QED) is 0.216. The number of hydrogen-bond acceptors (Lipinski definition) is 6. The summed E-state index contributed by atoms with van der Waals surface area (Å²) in [5.41, 5.74) is -1.72. The molecule has 0 bridgehead atoms. The van der Waals surface area contributed by atoms with Crippen LogP contribution in [0.3, 0.4) is 0 Å². The van der Waals surface area contributed by atoms with Gasteiger partial charge in [0.2, 0.25) is 0 Å². The SMILES string of the molecule is [C-]#[N+]c1ccc(NC(=O)C2(C)CC(CC)=NN2)cc1C(F)(F)F.[C-]#[N+]c1ccc(NC(=O)C2(C)CC(CC)N=N2)cc1C(F)(F)F. The van der Waals surface area contributed by atoms with Gasteiger partial charge in [0.05, 0.1) is 30.3 Å². The molecule has 2 aliphatic heterocycles. The van der Waals surface area contributed by atoms with Crippen molar-refractivity contribution in [1.82, 2.24) is 5.43 Å². The second kappa shape index (κ2) is 13.6.